The Morgan fingerprint density at radius 3 is 2.57 bits per heavy atom. The SMILES string of the molecule is CCOc1ccc(NC(=O)c2nn(-c3ccccc3OC)c(=O)cc2O)cc1. The lowest BCUT2D eigenvalue weighted by Crippen LogP contribution is -2.25. The Morgan fingerprint density at radius 1 is 1.18 bits per heavy atom. The summed E-state index contributed by atoms with van der Waals surface area (Å²) < 4.78 is 11.6. The summed E-state index contributed by atoms with van der Waals surface area (Å²) in [5, 5.41) is 16.7. The summed E-state index contributed by atoms with van der Waals surface area (Å²) >= 11 is 0. The van der Waals surface area contributed by atoms with Crippen LogP contribution >= 0.6 is 0 Å². The van der Waals surface area contributed by atoms with Crippen molar-refractivity contribution in [1.29, 1.82) is 0 Å². The molecule has 0 fully saturated rings. The van der Waals surface area contributed by atoms with Crippen LogP contribution < -0.4 is 20.3 Å². The van der Waals surface area contributed by atoms with Crippen molar-refractivity contribution in [3.05, 3.63) is 70.6 Å². The maximum absolute atomic E-state index is 12.6. The van der Waals surface area contributed by atoms with E-state index in [-0.39, 0.29) is 5.69 Å². The first-order valence-electron chi connectivity index (χ1n) is 8.54. The van der Waals surface area contributed by atoms with E-state index in [2.05, 4.69) is 10.4 Å². The third-order valence-electron chi connectivity index (χ3n) is 3.86. The Bertz CT molecular complexity index is 1040. The van der Waals surface area contributed by atoms with Gasteiger partial charge in [0.1, 0.15) is 17.2 Å². The maximum atomic E-state index is 12.6. The highest BCUT2D eigenvalue weighted by atomic mass is 16.5. The van der Waals surface area contributed by atoms with Crippen LogP contribution in [0.15, 0.2) is 59.4 Å². The van der Waals surface area contributed by atoms with Gasteiger partial charge in [-0.2, -0.15) is 9.78 Å². The number of aromatic hydroxyl groups is 1. The average molecular weight is 381 g/mol. The molecule has 2 aromatic carbocycles. The van der Waals surface area contributed by atoms with Crippen LogP contribution in [-0.2, 0) is 0 Å². The number of nitrogens with zero attached hydrogens (tertiary/aromatic N) is 2. The minimum absolute atomic E-state index is 0.292. The number of para-hydroxylation sites is 2. The van der Waals surface area contributed by atoms with Crippen LogP contribution in [0.3, 0.4) is 0 Å². The molecule has 0 atom stereocenters. The number of benzene rings is 2. The highest BCUT2D eigenvalue weighted by Gasteiger charge is 2.18. The molecule has 0 spiro atoms. The molecule has 2 N–H and O–H groups in total. The first-order valence-corrected chi connectivity index (χ1v) is 8.54. The van der Waals surface area contributed by atoms with Crippen LogP contribution in [0.1, 0.15) is 17.4 Å². The number of aromatic nitrogens is 2. The lowest BCUT2D eigenvalue weighted by Gasteiger charge is -2.12. The first-order chi connectivity index (χ1) is 13.5. The number of anilines is 1. The van der Waals surface area contributed by atoms with Gasteiger partial charge in [-0.05, 0) is 43.3 Å². The molecule has 0 aliphatic carbocycles. The minimum Gasteiger partial charge on any atom is -0.505 e. The molecule has 0 aliphatic heterocycles. The van der Waals surface area contributed by atoms with Crippen LogP contribution in [0, 0.1) is 0 Å². The molecule has 28 heavy (non-hydrogen) atoms. The molecular weight excluding hydrogens is 362 g/mol. The predicted octanol–water partition coefficient (Wildman–Crippen LogP) is 2.60. The molecule has 3 aromatic rings. The zero-order chi connectivity index (χ0) is 20.1. The molecule has 1 amide bonds. The van der Waals surface area contributed by atoms with E-state index in [1.807, 2.05) is 6.92 Å². The third kappa shape index (κ3) is 3.96. The monoisotopic (exact) mass is 381 g/mol. The Kier molecular flexibility index (Phi) is 5.59. The van der Waals surface area contributed by atoms with Crippen molar-refractivity contribution >= 4 is 11.6 Å². The standard InChI is InChI=1S/C20H19N3O5/c1-3-28-14-10-8-13(9-11-14)21-20(26)19-16(24)12-18(25)23(22-19)15-6-4-5-7-17(15)27-2/h4-12,24H,3H2,1-2H3,(H,21,26). The molecule has 8 heteroatoms. The first kappa shape index (κ1) is 19.0. The summed E-state index contributed by atoms with van der Waals surface area (Å²) in [7, 11) is 1.46. The van der Waals surface area contributed by atoms with Crippen molar-refractivity contribution in [2.75, 3.05) is 19.0 Å². The van der Waals surface area contributed by atoms with E-state index in [1.165, 1.54) is 7.11 Å². The van der Waals surface area contributed by atoms with Gasteiger partial charge in [0.2, 0.25) is 0 Å². The number of hydrogen-bond acceptors (Lipinski definition) is 6. The van der Waals surface area contributed by atoms with Gasteiger partial charge in [-0.25, -0.2) is 0 Å². The number of methoxy groups -OCH3 is 1. The average Bonchev–Trinajstić information content (AvgIpc) is 2.69. The van der Waals surface area contributed by atoms with Gasteiger partial charge in [-0.3, -0.25) is 9.59 Å². The van der Waals surface area contributed by atoms with Gasteiger partial charge < -0.3 is 19.9 Å². The quantitative estimate of drug-likeness (QED) is 0.680. The van der Waals surface area contributed by atoms with E-state index in [4.69, 9.17) is 9.47 Å². The van der Waals surface area contributed by atoms with Crippen LogP contribution in [0.25, 0.3) is 5.69 Å². The number of amides is 1. The van der Waals surface area contributed by atoms with Gasteiger partial charge in [-0.1, -0.05) is 12.1 Å². The van der Waals surface area contributed by atoms with Gasteiger partial charge in [0.15, 0.2) is 11.4 Å². The maximum Gasteiger partial charge on any atom is 0.279 e. The van der Waals surface area contributed by atoms with Crippen molar-refractivity contribution in [1.82, 2.24) is 9.78 Å². The van der Waals surface area contributed by atoms with Crippen molar-refractivity contribution in [3.8, 4) is 22.9 Å². The Labute approximate surface area is 161 Å². The topological polar surface area (TPSA) is 103 Å². The number of carbonyl (C=O) groups excluding carboxylic acids is 1. The molecule has 0 aliphatic rings. The number of nitrogens with one attached hydrogen (secondary N) is 1. The van der Waals surface area contributed by atoms with Crippen molar-refractivity contribution in [2.24, 2.45) is 0 Å². The van der Waals surface area contributed by atoms with Gasteiger partial charge in [0.25, 0.3) is 11.5 Å². The molecular formula is C20H19N3O5. The molecule has 1 heterocycles. The fraction of sp³-hybridized carbons (Fsp3) is 0.150. The number of hydrogen-bond donors (Lipinski definition) is 2. The molecule has 1 aromatic heterocycles. The van der Waals surface area contributed by atoms with Crippen LogP contribution in [-0.4, -0.2) is 34.5 Å². The Hall–Kier alpha value is -3.81. The predicted molar refractivity (Wildman–Crippen MR) is 104 cm³/mol. The van der Waals surface area contributed by atoms with E-state index in [0.717, 1.165) is 10.7 Å². The summed E-state index contributed by atoms with van der Waals surface area (Å²) in [5.41, 5.74) is -0.0474. The number of rotatable bonds is 6. The lowest BCUT2D eigenvalue weighted by molar-refractivity contribution is 0.101. The Morgan fingerprint density at radius 2 is 1.89 bits per heavy atom. The second-order valence-electron chi connectivity index (χ2n) is 5.71. The van der Waals surface area contributed by atoms with Gasteiger partial charge in [0.05, 0.1) is 13.7 Å². The normalized spacial score (nSPS) is 10.4. The highest BCUT2D eigenvalue weighted by Crippen LogP contribution is 2.22. The summed E-state index contributed by atoms with van der Waals surface area (Å²) in [5.74, 6) is -0.100. The summed E-state index contributed by atoms with van der Waals surface area (Å²) in [6, 6.07) is 14.4. The van der Waals surface area contributed by atoms with Crippen molar-refractivity contribution in [3.63, 3.8) is 0 Å². The molecule has 0 unspecified atom stereocenters. The number of ether oxygens (including phenoxy) is 2. The highest BCUT2D eigenvalue weighted by molar-refractivity contribution is 6.04. The summed E-state index contributed by atoms with van der Waals surface area (Å²) in [6.45, 7) is 2.41. The molecule has 0 radical (unpaired) electrons. The largest absolute Gasteiger partial charge is 0.505 e. The van der Waals surface area contributed by atoms with E-state index in [1.54, 1.807) is 48.5 Å². The molecule has 8 nitrogen and oxygen atoms in total. The van der Waals surface area contributed by atoms with E-state index >= 15 is 0 Å². The van der Waals surface area contributed by atoms with Gasteiger partial charge >= 0.3 is 0 Å². The van der Waals surface area contributed by atoms with E-state index in [9.17, 15) is 14.7 Å². The molecule has 0 saturated carbocycles. The zero-order valence-electron chi connectivity index (χ0n) is 15.4. The van der Waals surface area contributed by atoms with Crippen molar-refractivity contribution in [2.45, 2.75) is 6.92 Å². The Balaban J connectivity index is 1.93. The molecule has 0 saturated heterocycles. The smallest absolute Gasteiger partial charge is 0.279 e. The zero-order valence-corrected chi connectivity index (χ0v) is 15.4. The third-order valence-corrected chi connectivity index (χ3v) is 3.86. The van der Waals surface area contributed by atoms with Crippen LogP contribution in [0.5, 0.6) is 17.2 Å². The lowest BCUT2D eigenvalue weighted by atomic mass is 10.2. The fourth-order valence-electron chi connectivity index (χ4n) is 2.58. The summed E-state index contributed by atoms with van der Waals surface area (Å²) in [4.78, 5) is 24.9. The van der Waals surface area contributed by atoms with Crippen LogP contribution in [0.2, 0.25) is 0 Å². The second kappa shape index (κ2) is 8.26. The van der Waals surface area contributed by atoms with E-state index < -0.39 is 17.2 Å². The number of carbonyl (C=O) groups is 1. The second-order valence-corrected chi connectivity index (χ2v) is 5.71. The molecule has 0 bridgehead atoms. The minimum atomic E-state index is -0.662. The van der Waals surface area contributed by atoms with Crippen molar-refractivity contribution < 1.29 is 19.4 Å². The van der Waals surface area contributed by atoms with E-state index in [0.29, 0.717) is 29.5 Å². The van der Waals surface area contributed by atoms with Crippen LogP contribution in [0.4, 0.5) is 5.69 Å². The molecule has 144 valence electrons. The van der Waals surface area contributed by atoms with Gasteiger partial charge in [0, 0.05) is 11.8 Å². The van der Waals surface area contributed by atoms with Gasteiger partial charge in [-0.15, -0.1) is 0 Å². The fourth-order valence-corrected chi connectivity index (χ4v) is 2.58. The molecule has 3 rings (SSSR count). The summed E-state index contributed by atoms with van der Waals surface area (Å²) in [6.07, 6.45) is 0.